The second kappa shape index (κ2) is 22.7. The van der Waals surface area contributed by atoms with Crippen molar-refractivity contribution >= 4 is 33.8 Å². The molecule has 4 amide bonds. The lowest BCUT2D eigenvalue weighted by Crippen LogP contribution is -2.58. The van der Waals surface area contributed by atoms with Gasteiger partial charge in [-0.25, -0.2) is 22.9 Å². The summed E-state index contributed by atoms with van der Waals surface area (Å²) in [4.78, 5) is 61.7. The highest BCUT2D eigenvalue weighted by atomic mass is 32.2. The fraction of sp³-hybridized carbons (Fsp3) is 0.698. The lowest BCUT2D eigenvalue weighted by molar-refractivity contribution is -0.133. The SMILES string of the molecule is CC(C)(CC(=O)N[C@@H](Cc1ccccc1)C(=O)N[C@@H](Cc1c[nH]cn1)C(=O)N[C@@H](CC1CCCCC1)[C@@H](O)C[C@@H](O)CNS(=O)(=O)C1CCCCC1)NC(=O)OC(C)(C)C. The van der Waals surface area contributed by atoms with Crippen molar-refractivity contribution < 1.29 is 42.5 Å². The zero-order valence-electron chi connectivity index (χ0n) is 36.0. The van der Waals surface area contributed by atoms with E-state index in [0.717, 1.165) is 56.9 Å². The number of sulfonamides is 1. The van der Waals surface area contributed by atoms with Gasteiger partial charge in [-0.15, -0.1) is 0 Å². The average Bonchev–Trinajstić information content (AvgIpc) is 3.69. The average molecular weight is 860 g/mol. The first-order valence-electron chi connectivity index (χ1n) is 21.6. The molecule has 16 nitrogen and oxygen atoms in total. The van der Waals surface area contributed by atoms with Crippen molar-refractivity contribution in [1.29, 1.82) is 0 Å². The third-order valence-electron chi connectivity index (χ3n) is 11.1. The number of imidazole rings is 1. The summed E-state index contributed by atoms with van der Waals surface area (Å²) in [5.41, 5.74) is -0.539. The molecule has 17 heteroatoms. The Hall–Kier alpha value is -4.06. The Bertz CT molecular complexity index is 1760. The lowest BCUT2D eigenvalue weighted by atomic mass is 9.83. The highest BCUT2D eigenvalue weighted by Crippen LogP contribution is 2.29. The van der Waals surface area contributed by atoms with Crippen LogP contribution in [0.4, 0.5) is 4.79 Å². The summed E-state index contributed by atoms with van der Waals surface area (Å²) >= 11 is 0. The molecule has 1 aromatic carbocycles. The number of rotatable bonds is 21. The van der Waals surface area contributed by atoms with Crippen LogP contribution in [0.5, 0.6) is 0 Å². The Labute approximate surface area is 355 Å². The maximum atomic E-state index is 14.3. The van der Waals surface area contributed by atoms with Gasteiger partial charge in [-0.1, -0.05) is 81.7 Å². The fourth-order valence-electron chi connectivity index (χ4n) is 8.03. The number of aliphatic hydroxyl groups excluding tert-OH is 2. The Morgan fingerprint density at radius 2 is 1.47 bits per heavy atom. The van der Waals surface area contributed by atoms with E-state index in [-0.39, 0.29) is 38.1 Å². The normalized spacial score (nSPS) is 18.3. The van der Waals surface area contributed by atoms with Gasteiger partial charge in [0.15, 0.2) is 0 Å². The Balaban J connectivity index is 1.50. The van der Waals surface area contributed by atoms with Gasteiger partial charge in [0.2, 0.25) is 27.7 Å². The van der Waals surface area contributed by atoms with Gasteiger partial charge in [-0.3, -0.25) is 14.4 Å². The van der Waals surface area contributed by atoms with Gasteiger partial charge in [0.1, 0.15) is 17.7 Å². The third-order valence-corrected chi connectivity index (χ3v) is 13.0. The zero-order valence-corrected chi connectivity index (χ0v) is 36.8. The van der Waals surface area contributed by atoms with Crippen LogP contribution in [-0.2, 0) is 42.0 Å². The number of aliphatic hydroxyl groups is 2. The Morgan fingerprint density at radius 1 is 0.850 bits per heavy atom. The molecule has 2 aliphatic carbocycles. The number of amides is 4. The number of nitrogens with zero attached hydrogens (tertiary/aromatic N) is 1. The van der Waals surface area contributed by atoms with Crippen LogP contribution in [0, 0.1) is 5.92 Å². The van der Waals surface area contributed by atoms with Crippen LogP contribution in [0.1, 0.15) is 129 Å². The smallest absolute Gasteiger partial charge is 0.408 e. The van der Waals surface area contributed by atoms with E-state index in [4.69, 9.17) is 4.74 Å². The monoisotopic (exact) mass is 859 g/mol. The lowest BCUT2D eigenvalue weighted by Gasteiger charge is -2.32. The highest BCUT2D eigenvalue weighted by Gasteiger charge is 2.35. The van der Waals surface area contributed by atoms with Crippen LogP contribution < -0.4 is 26.0 Å². The molecular formula is C43H69N7O9S. The van der Waals surface area contributed by atoms with Crippen molar-refractivity contribution in [2.24, 2.45) is 5.92 Å². The molecule has 2 saturated carbocycles. The van der Waals surface area contributed by atoms with Crippen LogP contribution in [0.3, 0.4) is 0 Å². The van der Waals surface area contributed by atoms with E-state index in [2.05, 4.69) is 36.0 Å². The van der Waals surface area contributed by atoms with Crippen molar-refractivity contribution in [3.8, 4) is 0 Å². The number of hydrogen-bond donors (Lipinski definition) is 8. The number of hydrogen-bond acceptors (Lipinski definition) is 10. The molecule has 0 saturated heterocycles. The van der Waals surface area contributed by atoms with Gasteiger partial charge < -0.3 is 41.2 Å². The Morgan fingerprint density at radius 3 is 2.08 bits per heavy atom. The van der Waals surface area contributed by atoms with Gasteiger partial charge >= 0.3 is 6.09 Å². The molecule has 0 radical (unpaired) electrons. The van der Waals surface area contributed by atoms with E-state index >= 15 is 0 Å². The molecule has 1 heterocycles. The van der Waals surface area contributed by atoms with Crippen LogP contribution in [0.15, 0.2) is 42.9 Å². The predicted molar refractivity (Wildman–Crippen MR) is 228 cm³/mol. The van der Waals surface area contributed by atoms with Gasteiger partial charge in [0, 0.05) is 44.0 Å². The maximum Gasteiger partial charge on any atom is 0.408 e. The first kappa shape index (κ1) is 48.6. The van der Waals surface area contributed by atoms with E-state index < -0.39 is 80.6 Å². The fourth-order valence-corrected chi connectivity index (χ4v) is 9.65. The molecular weight excluding hydrogens is 791 g/mol. The van der Waals surface area contributed by atoms with Crippen molar-refractivity contribution in [3.63, 3.8) is 0 Å². The van der Waals surface area contributed by atoms with E-state index in [9.17, 15) is 37.8 Å². The summed E-state index contributed by atoms with van der Waals surface area (Å²) in [5.74, 6) is -1.53. The van der Waals surface area contributed by atoms with E-state index in [1.165, 1.54) is 6.33 Å². The van der Waals surface area contributed by atoms with Gasteiger partial charge in [-0.2, -0.15) is 0 Å². The van der Waals surface area contributed by atoms with Gasteiger partial charge in [0.25, 0.3) is 0 Å². The van der Waals surface area contributed by atoms with Crippen LogP contribution in [0.2, 0.25) is 0 Å². The standard InChI is InChI=1S/C43H69N7O9S/c1-42(2,3)59-41(56)50-43(4,5)25-38(53)47-35(22-30-17-11-7-12-18-30)39(54)49-36(23-31-26-44-28-45-31)40(55)48-34(21-29-15-9-6-10-16-29)37(52)24-32(51)27-46-60(57,58)33-19-13-8-14-20-33/h7,11-12,17-18,26,28-29,32-37,46,51-52H,6,8-10,13-16,19-25,27H2,1-5H3,(H,44,45)(H,47,53)(H,48,55)(H,49,54)(H,50,56)/t32-,34+,35+,36+,37+/m1/s1. The minimum absolute atomic E-state index is 0.0161. The van der Waals surface area contributed by atoms with Crippen molar-refractivity contribution in [1.82, 2.24) is 36.0 Å². The number of H-pyrrole nitrogens is 1. The van der Waals surface area contributed by atoms with Crippen molar-refractivity contribution in [2.45, 2.75) is 178 Å². The summed E-state index contributed by atoms with van der Waals surface area (Å²) in [6, 6.07) is 5.98. The first-order chi connectivity index (χ1) is 28.3. The Kier molecular flexibility index (Phi) is 18.4. The molecule has 2 fully saturated rings. The molecule has 0 spiro atoms. The van der Waals surface area contributed by atoms with Crippen LogP contribution in [-0.4, -0.2) is 106 Å². The predicted octanol–water partition coefficient (Wildman–Crippen LogP) is 3.68. The molecule has 60 heavy (non-hydrogen) atoms. The number of carbonyl (C=O) groups is 4. The molecule has 4 rings (SSSR count). The van der Waals surface area contributed by atoms with Crippen molar-refractivity contribution in [2.75, 3.05) is 6.54 Å². The molecule has 0 bridgehead atoms. The topological polar surface area (TPSA) is 241 Å². The largest absolute Gasteiger partial charge is 0.444 e. The molecule has 2 aromatic rings. The van der Waals surface area contributed by atoms with Gasteiger partial charge in [0.05, 0.1) is 35.5 Å². The van der Waals surface area contributed by atoms with E-state index in [0.29, 0.717) is 25.0 Å². The summed E-state index contributed by atoms with van der Waals surface area (Å²) in [5, 5.41) is 33.4. The van der Waals surface area contributed by atoms with E-state index in [1.54, 1.807) is 40.8 Å². The van der Waals surface area contributed by atoms with Gasteiger partial charge in [-0.05, 0) is 65.4 Å². The highest BCUT2D eigenvalue weighted by molar-refractivity contribution is 7.90. The number of alkyl carbamates (subject to hydrolysis) is 1. The molecule has 0 aliphatic heterocycles. The quantitative estimate of drug-likeness (QED) is 0.0906. The number of nitrogens with one attached hydrogen (secondary N) is 6. The molecule has 336 valence electrons. The maximum absolute atomic E-state index is 14.3. The summed E-state index contributed by atoms with van der Waals surface area (Å²) < 4.78 is 33.8. The number of carbonyl (C=O) groups excluding carboxylic acids is 4. The first-order valence-corrected chi connectivity index (χ1v) is 23.1. The van der Waals surface area contributed by atoms with Crippen LogP contribution >= 0.6 is 0 Å². The summed E-state index contributed by atoms with van der Waals surface area (Å²) in [7, 11) is -3.64. The number of ether oxygens (including phenoxy) is 1. The minimum Gasteiger partial charge on any atom is -0.444 e. The number of aromatic amines is 1. The molecule has 8 N–H and O–H groups in total. The molecule has 2 aliphatic rings. The van der Waals surface area contributed by atoms with E-state index in [1.807, 2.05) is 30.3 Å². The zero-order chi connectivity index (χ0) is 43.9. The van der Waals surface area contributed by atoms with Crippen molar-refractivity contribution in [3.05, 3.63) is 54.1 Å². The second-order valence-electron chi connectivity index (χ2n) is 18.3. The minimum atomic E-state index is -3.64. The molecule has 5 atom stereocenters. The second-order valence-corrected chi connectivity index (χ2v) is 20.3. The molecule has 1 aromatic heterocycles. The van der Waals surface area contributed by atoms with Crippen LogP contribution in [0.25, 0.3) is 0 Å². The number of aromatic nitrogens is 2. The third kappa shape index (κ3) is 17.1. The number of benzene rings is 1. The summed E-state index contributed by atoms with van der Waals surface area (Å²) in [6.07, 6.45) is 8.88. The molecule has 0 unspecified atom stereocenters. The summed E-state index contributed by atoms with van der Waals surface area (Å²) in [6.45, 7) is 8.27.